The number of carbonyl (C=O) groups excluding carboxylic acids is 1. The number of aromatic nitrogens is 2. The zero-order valence-corrected chi connectivity index (χ0v) is 12.1. The van der Waals surface area contributed by atoms with Gasteiger partial charge < -0.3 is 4.74 Å². The van der Waals surface area contributed by atoms with Crippen LogP contribution in [-0.4, -0.2) is 29.3 Å². The number of allylic oxidation sites excluding steroid dienone is 2. The number of carbonyl (C=O) groups is 1. The van der Waals surface area contributed by atoms with Gasteiger partial charge in [0, 0.05) is 7.11 Å². The summed E-state index contributed by atoms with van der Waals surface area (Å²) < 4.78 is 6.65. The molecule has 5 heteroatoms. The molecule has 1 aromatic rings. The maximum atomic E-state index is 12.5. The van der Waals surface area contributed by atoms with Crippen molar-refractivity contribution in [1.82, 2.24) is 9.78 Å². The molecule has 0 N–H and O–H groups in total. The largest absolute Gasteiger partial charge is 0.383 e. The average Bonchev–Trinajstić information content (AvgIpc) is 2.77. The van der Waals surface area contributed by atoms with Crippen molar-refractivity contribution in [2.75, 3.05) is 13.7 Å². The van der Waals surface area contributed by atoms with Crippen molar-refractivity contribution in [2.45, 2.75) is 32.7 Å². The first-order valence-corrected chi connectivity index (χ1v) is 6.95. The first-order chi connectivity index (χ1) is 9.13. The van der Waals surface area contributed by atoms with E-state index >= 15 is 0 Å². The molecule has 1 unspecified atom stereocenters. The van der Waals surface area contributed by atoms with E-state index in [-0.39, 0.29) is 5.78 Å². The van der Waals surface area contributed by atoms with Crippen LogP contribution < -0.4 is 0 Å². The zero-order valence-electron chi connectivity index (χ0n) is 11.4. The third kappa shape index (κ3) is 3.25. The van der Waals surface area contributed by atoms with Crippen LogP contribution in [0.4, 0.5) is 0 Å². The van der Waals surface area contributed by atoms with Crippen LogP contribution in [0.1, 0.15) is 36.7 Å². The van der Waals surface area contributed by atoms with Crippen LogP contribution in [0, 0.1) is 5.92 Å². The summed E-state index contributed by atoms with van der Waals surface area (Å²) in [5, 5.41) is 4.56. The molecule has 1 aliphatic rings. The van der Waals surface area contributed by atoms with Gasteiger partial charge in [-0.3, -0.25) is 9.48 Å². The second-order valence-electron chi connectivity index (χ2n) is 5.00. The van der Waals surface area contributed by atoms with E-state index in [0.29, 0.717) is 29.8 Å². The van der Waals surface area contributed by atoms with Crippen LogP contribution in [0.3, 0.4) is 0 Å². The Kier molecular flexibility index (Phi) is 4.77. The van der Waals surface area contributed by atoms with Crippen molar-refractivity contribution in [1.29, 1.82) is 0 Å². The molecule has 1 aliphatic carbocycles. The van der Waals surface area contributed by atoms with E-state index in [1.54, 1.807) is 11.8 Å². The molecule has 1 heterocycles. The van der Waals surface area contributed by atoms with Gasteiger partial charge in [0.25, 0.3) is 0 Å². The molecule has 104 valence electrons. The van der Waals surface area contributed by atoms with Gasteiger partial charge in [0.1, 0.15) is 5.69 Å². The van der Waals surface area contributed by atoms with Crippen molar-refractivity contribution in [3.8, 4) is 0 Å². The Labute approximate surface area is 118 Å². The van der Waals surface area contributed by atoms with Crippen LogP contribution in [0.15, 0.2) is 17.8 Å². The second-order valence-corrected chi connectivity index (χ2v) is 5.40. The minimum Gasteiger partial charge on any atom is -0.383 e. The summed E-state index contributed by atoms with van der Waals surface area (Å²) in [7, 11) is 1.62. The summed E-state index contributed by atoms with van der Waals surface area (Å²) in [4.78, 5) is 12.5. The molecule has 0 aliphatic heterocycles. The zero-order chi connectivity index (χ0) is 13.8. The molecule has 0 amide bonds. The lowest BCUT2D eigenvalue weighted by molar-refractivity contribution is 0.101. The normalized spacial score (nSPS) is 19.3. The molecular weight excluding hydrogens is 264 g/mol. The highest BCUT2D eigenvalue weighted by Gasteiger charge is 2.23. The Morgan fingerprint density at radius 2 is 2.42 bits per heavy atom. The van der Waals surface area contributed by atoms with Gasteiger partial charge >= 0.3 is 0 Å². The smallest absolute Gasteiger partial charge is 0.208 e. The Balaban J connectivity index is 2.21. The van der Waals surface area contributed by atoms with Gasteiger partial charge in [-0.2, -0.15) is 5.10 Å². The van der Waals surface area contributed by atoms with Gasteiger partial charge in [0.15, 0.2) is 0 Å². The predicted molar refractivity (Wildman–Crippen MR) is 74.5 cm³/mol. The first-order valence-electron chi connectivity index (χ1n) is 6.57. The number of ketones is 1. The number of hydrogen-bond donors (Lipinski definition) is 0. The minimum absolute atomic E-state index is 0.00510. The summed E-state index contributed by atoms with van der Waals surface area (Å²) in [5.41, 5.74) is 1.35. The number of nitrogens with zero attached hydrogens (tertiary/aromatic N) is 2. The van der Waals surface area contributed by atoms with E-state index in [9.17, 15) is 4.79 Å². The number of hydrogen-bond acceptors (Lipinski definition) is 3. The summed E-state index contributed by atoms with van der Waals surface area (Å²) >= 11 is 6.09. The monoisotopic (exact) mass is 282 g/mol. The Morgan fingerprint density at radius 1 is 1.63 bits per heavy atom. The van der Waals surface area contributed by atoms with Gasteiger partial charge in [0.05, 0.1) is 24.4 Å². The van der Waals surface area contributed by atoms with Crippen molar-refractivity contribution in [3.05, 3.63) is 28.6 Å². The van der Waals surface area contributed by atoms with E-state index < -0.39 is 0 Å². The molecule has 0 aromatic carbocycles. The molecule has 0 fully saturated rings. The first kappa shape index (κ1) is 14.3. The molecule has 2 rings (SSSR count). The second kappa shape index (κ2) is 6.35. The lowest BCUT2D eigenvalue weighted by Crippen LogP contribution is -2.17. The predicted octanol–water partition coefficient (Wildman–Crippen LogP) is 3.11. The number of Topliss-reactive ketones (excluding diaryl/α,β-unsaturated/α-hetero) is 1. The third-order valence-electron chi connectivity index (χ3n) is 3.48. The molecule has 0 saturated heterocycles. The Bertz CT molecular complexity index is 494. The van der Waals surface area contributed by atoms with Crippen LogP contribution in [0.5, 0.6) is 0 Å². The SMILES string of the molecule is COCCn1ncc(Cl)c1C(=O)C1=CCC(C)CC1. The topological polar surface area (TPSA) is 44.1 Å². The lowest BCUT2D eigenvalue weighted by Gasteiger charge is -2.17. The lowest BCUT2D eigenvalue weighted by atomic mass is 9.88. The van der Waals surface area contributed by atoms with Gasteiger partial charge in [-0.15, -0.1) is 0 Å². The maximum Gasteiger partial charge on any atom is 0.208 e. The Hall–Kier alpha value is -1.13. The summed E-state index contributed by atoms with van der Waals surface area (Å²) in [5.74, 6) is 0.663. The van der Waals surface area contributed by atoms with Crippen molar-refractivity contribution in [2.24, 2.45) is 5.92 Å². The van der Waals surface area contributed by atoms with Gasteiger partial charge in [-0.1, -0.05) is 24.6 Å². The van der Waals surface area contributed by atoms with E-state index in [4.69, 9.17) is 16.3 Å². The highest BCUT2D eigenvalue weighted by Crippen LogP contribution is 2.27. The number of rotatable bonds is 5. The van der Waals surface area contributed by atoms with Crippen molar-refractivity contribution < 1.29 is 9.53 Å². The summed E-state index contributed by atoms with van der Waals surface area (Å²) in [6.45, 7) is 3.25. The average molecular weight is 283 g/mol. The highest BCUT2D eigenvalue weighted by molar-refractivity contribution is 6.34. The van der Waals surface area contributed by atoms with Gasteiger partial charge in [0.2, 0.25) is 5.78 Å². The minimum atomic E-state index is 0.00510. The fraction of sp³-hybridized carbons (Fsp3) is 0.571. The highest BCUT2D eigenvalue weighted by atomic mass is 35.5. The number of ether oxygens (including phenoxy) is 1. The molecule has 1 atom stereocenters. The fourth-order valence-corrected chi connectivity index (χ4v) is 2.49. The Morgan fingerprint density at radius 3 is 3.05 bits per heavy atom. The van der Waals surface area contributed by atoms with Crippen molar-refractivity contribution in [3.63, 3.8) is 0 Å². The quantitative estimate of drug-likeness (QED) is 0.780. The molecular formula is C14H19ClN2O2. The van der Waals surface area contributed by atoms with E-state index in [1.165, 1.54) is 6.20 Å². The van der Waals surface area contributed by atoms with Crippen LogP contribution in [-0.2, 0) is 11.3 Å². The van der Waals surface area contributed by atoms with E-state index in [0.717, 1.165) is 24.8 Å². The third-order valence-corrected chi connectivity index (χ3v) is 3.76. The molecule has 4 nitrogen and oxygen atoms in total. The van der Waals surface area contributed by atoms with E-state index in [2.05, 4.69) is 12.0 Å². The number of halogens is 1. The summed E-state index contributed by atoms with van der Waals surface area (Å²) in [6, 6.07) is 0. The molecule has 0 saturated carbocycles. The fourth-order valence-electron chi connectivity index (χ4n) is 2.26. The van der Waals surface area contributed by atoms with Gasteiger partial charge in [-0.05, 0) is 30.8 Å². The van der Waals surface area contributed by atoms with Gasteiger partial charge in [-0.25, -0.2) is 0 Å². The number of methoxy groups -OCH3 is 1. The molecule has 19 heavy (non-hydrogen) atoms. The maximum absolute atomic E-state index is 12.5. The molecule has 0 spiro atoms. The van der Waals surface area contributed by atoms with Crippen LogP contribution in [0.25, 0.3) is 0 Å². The van der Waals surface area contributed by atoms with Crippen LogP contribution >= 0.6 is 11.6 Å². The van der Waals surface area contributed by atoms with E-state index in [1.807, 2.05) is 6.08 Å². The van der Waals surface area contributed by atoms with Crippen LogP contribution in [0.2, 0.25) is 5.02 Å². The summed E-state index contributed by atoms with van der Waals surface area (Å²) in [6.07, 6.45) is 6.41. The van der Waals surface area contributed by atoms with Crippen molar-refractivity contribution >= 4 is 17.4 Å². The molecule has 0 radical (unpaired) electrons. The standard InChI is InChI=1S/C14H19ClN2O2/c1-10-3-5-11(6-4-10)14(18)13-12(15)9-16-17(13)7-8-19-2/h5,9-10H,3-4,6-8H2,1-2H3. The molecule has 1 aromatic heterocycles. The molecule has 0 bridgehead atoms.